The van der Waals surface area contributed by atoms with Gasteiger partial charge in [-0.15, -0.1) is 0 Å². The van der Waals surface area contributed by atoms with Crippen molar-refractivity contribution >= 4 is 41.3 Å². The number of hydrogen-bond donors (Lipinski definition) is 1. The predicted octanol–water partition coefficient (Wildman–Crippen LogP) is 13.6. The van der Waals surface area contributed by atoms with E-state index in [9.17, 15) is 9.90 Å². The average Bonchev–Trinajstić information content (AvgIpc) is 3.23. The molecule has 0 spiro atoms. The molecule has 1 aliphatic heterocycles. The molecule has 0 aromatic heterocycles. The van der Waals surface area contributed by atoms with Crippen molar-refractivity contribution in [2.24, 2.45) is 11.3 Å². The third kappa shape index (κ3) is 14.8. The molecule has 1 heterocycles. The van der Waals surface area contributed by atoms with Gasteiger partial charge in [0.15, 0.2) is 14.1 Å². The first kappa shape index (κ1) is 59.0. The number of allylic oxidation sites excluding steroid dienone is 1. The summed E-state index contributed by atoms with van der Waals surface area (Å²) in [5.41, 5.74) is 0.545. The van der Waals surface area contributed by atoms with E-state index in [1.165, 1.54) is 10.4 Å². The fraction of sp³-hybridized carbons (Fsp3) is 0.696. The maximum atomic E-state index is 14.2. The molecule has 0 bridgehead atoms. The maximum absolute atomic E-state index is 14.2. The zero-order chi connectivity index (χ0) is 50.9. The van der Waals surface area contributed by atoms with E-state index in [1.54, 1.807) is 7.11 Å². The van der Waals surface area contributed by atoms with Crippen LogP contribution < -0.4 is 10.4 Å². The van der Waals surface area contributed by atoms with E-state index in [2.05, 4.69) is 203 Å². The number of unbranched alkanes of at least 4 members (excludes halogenated alkanes) is 2. The summed E-state index contributed by atoms with van der Waals surface area (Å²) in [7, 11) is -5.94. The van der Waals surface area contributed by atoms with Crippen LogP contribution in [0.2, 0.25) is 41.3 Å². The molecule has 1 N–H and O–H groups in total. The Balaban J connectivity index is 2.26. The van der Waals surface area contributed by atoms with Crippen LogP contribution in [0.3, 0.4) is 0 Å². The fourth-order valence-corrected chi connectivity index (χ4v) is 16.7. The first-order valence-corrected chi connectivity index (χ1v) is 33.1. The highest BCUT2D eigenvalue weighted by atomic mass is 28.4. The van der Waals surface area contributed by atoms with Crippen LogP contribution in [-0.4, -0.2) is 79.9 Å². The molecule has 0 amide bonds. The zero-order valence-electron chi connectivity index (χ0n) is 46.0. The molecule has 0 radical (unpaired) electrons. The number of ether oxygens (including phenoxy) is 3. The van der Waals surface area contributed by atoms with E-state index in [4.69, 9.17) is 27.5 Å². The van der Waals surface area contributed by atoms with Crippen molar-refractivity contribution in [1.82, 2.24) is 0 Å². The SMILES string of the molecule is C/C=C(\O[Si](C)(C)C(C)(C)C)C(C)(C)[C@@H](O[Si](C)(C)C(C)(C)C)[C@@H](C)/C=C(\C)[C@@H]1C[C@H](O[Si](c2ccccc2)(c2ccccc2)C(C)(C)C)C[C@@](CC(=O)O[C@@H](CCO)CCCCC)(OC)O1. The lowest BCUT2D eigenvalue weighted by atomic mass is 9.77. The van der Waals surface area contributed by atoms with Crippen molar-refractivity contribution in [3.8, 4) is 0 Å². The first-order chi connectivity index (χ1) is 30.9. The van der Waals surface area contributed by atoms with E-state index in [0.717, 1.165) is 30.6 Å². The minimum atomic E-state index is -3.05. The number of aliphatic hydroxyl groups is 1. The second-order valence-corrected chi connectivity index (χ2v) is 37.9. The lowest BCUT2D eigenvalue weighted by Gasteiger charge is -2.50. The monoisotopic (exact) mass is 981 g/mol. The van der Waals surface area contributed by atoms with Crippen molar-refractivity contribution in [2.75, 3.05) is 13.7 Å². The Morgan fingerprint density at radius 2 is 1.37 bits per heavy atom. The second kappa shape index (κ2) is 23.7. The van der Waals surface area contributed by atoms with Crippen molar-refractivity contribution < 1.29 is 37.4 Å². The normalized spacial score (nSPS) is 21.1. The standard InChI is InChI=1S/C56H96O8Si3/c1-21-23-26-31-44(36-37-57)60-50(58)41-56(59-16)40-45(62-67(54(11,12)13,46-32-27-24-28-33-46)47-34-29-25-30-35-47)39-48(61-56)42(3)38-43(4)51(64-66(19,20)53(8,9)10)55(14,15)49(22-2)63-65(17,18)52(5,6)7/h22,24-25,27-30,32-35,38,43-45,48,51,57H,21,23,26,31,36-37,39-41H2,1-20H3/b42-38+,49-22-/t43-,44+,45-,48-,51-,56+/m0/s1. The molecule has 67 heavy (non-hydrogen) atoms. The number of aliphatic hydroxyl groups excluding tert-OH is 1. The van der Waals surface area contributed by atoms with Crippen molar-refractivity contribution in [3.05, 3.63) is 84.1 Å². The van der Waals surface area contributed by atoms with E-state index >= 15 is 0 Å². The second-order valence-electron chi connectivity index (χ2n) is 24.2. The summed E-state index contributed by atoms with van der Waals surface area (Å²) in [4.78, 5) is 14.2. The lowest BCUT2D eigenvalue weighted by Crippen LogP contribution is -2.68. The summed E-state index contributed by atoms with van der Waals surface area (Å²) in [6, 6.07) is 21.4. The number of esters is 1. The van der Waals surface area contributed by atoms with Crippen LogP contribution in [-0.2, 0) is 32.3 Å². The molecule has 8 nitrogen and oxygen atoms in total. The molecule has 6 atom stereocenters. The van der Waals surface area contributed by atoms with Crippen LogP contribution in [0.5, 0.6) is 0 Å². The summed E-state index contributed by atoms with van der Waals surface area (Å²) < 4.78 is 42.4. The van der Waals surface area contributed by atoms with Gasteiger partial charge in [-0.25, -0.2) is 0 Å². The van der Waals surface area contributed by atoms with Gasteiger partial charge >= 0.3 is 5.97 Å². The molecule has 1 fully saturated rings. The molecule has 2 aromatic rings. The quantitative estimate of drug-likeness (QED) is 0.0387. The molecule has 0 saturated carbocycles. The molecule has 1 saturated heterocycles. The van der Waals surface area contributed by atoms with Crippen LogP contribution >= 0.6 is 0 Å². The zero-order valence-corrected chi connectivity index (χ0v) is 49.0. The number of carbonyl (C=O) groups excluding carboxylic acids is 1. The largest absolute Gasteiger partial charge is 0.546 e. The molecule has 2 aromatic carbocycles. The van der Waals surface area contributed by atoms with Gasteiger partial charge < -0.3 is 32.6 Å². The average molecular weight is 982 g/mol. The van der Waals surface area contributed by atoms with Crippen molar-refractivity contribution in [1.29, 1.82) is 0 Å². The van der Waals surface area contributed by atoms with Gasteiger partial charge in [-0.3, -0.25) is 4.79 Å². The summed E-state index contributed by atoms with van der Waals surface area (Å²) in [6.45, 7) is 43.1. The Morgan fingerprint density at radius 1 is 0.836 bits per heavy atom. The maximum Gasteiger partial charge on any atom is 0.311 e. The van der Waals surface area contributed by atoms with E-state index in [0.29, 0.717) is 25.7 Å². The van der Waals surface area contributed by atoms with Crippen molar-refractivity contribution in [2.45, 2.75) is 227 Å². The third-order valence-corrected chi connectivity index (χ3v) is 29.2. The van der Waals surface area contributed by atoms with Crippen LogP contribution in [0, 0.1) is 11.3 Å². The molecule has 3 rings (SSSR count). The Morgan fingerprint density at radius 3 is 1.82 bits per heavy atom. The van der Waals surface area contributed by atoms with E-state index in [-0.39, 0.29) is 52.4 Å². The molecule has 0 aliphatic carbocycles. The number of hydrogen-bond acceptors (Lipinski definition) is 8. The summed E-state index contributed by atoms with van der Waals surface area (Å²) >= 11 is 0. The molecule has 11 heteroatoms. The molecule has 1 aliphatic rings. The highest BCUT2D eigenvalue weighted by Gasteiger charge is 2.55. The number of rotatable bonds is 23. The van der Waals surface area contributed by atoms with Gasteiger partial charge in [-0.2, -0.15) is 0 Å². The molecular weight excluding hydrogens is 885 g/mol. The van der Waals surface area contributed by atoms with Gasteiger partial charge in [0.2, 0.25) is 8.32 Å². The number of carbonyl (C=O) groups is 1. The summed E-state index contributed by atoms with van der Waals surface area (Å²) in [5, 5.41) is 12.0. The van der Waals surface area contributed by atoms with Crippen LogP contribution in [0.1, 0.15) is 155 Å². The Bertz CT molecular complexity index is 1850. The van der Waals surface area contributed by atoms with Gasteiger partial charge in [0.25, 0.3) is 8.32 Å². The molecule has 380 valence electrons. The van der Waals surface area contributed by atoms with E-state index in [1.807, 2.05) is 0 Å². The summed E-state index contributed by atoms with van der Waals surface area (Å²) in [5.74, 6) is -0.832. The first-order valence-electron chi connectivity index (χ1n) is 25.4. The third-order valence-electron chi connectivity index (χ3n) is 15.3. The molecule has 0 unspecified atom stereocenters. The van der Waals surface area contributed by atoms with E-state index < -0.39 is 48.2 Å². The van der Waals surface area contributed by atoms with Gasteiger partial charge in [-0.1, -0.05) is 176 Å². The van der Waals surface area contributed by atoms with Crippen LogP contribution in [0.25, 0.3) is 0 Å². The number of methoxy groups -OCH3 is 1. The number of benzene rings is 2. The van der Waals surface area contributed by atoms with Gasteiger partial charge in [0.05, 0.1) is 30.5 Å². The Kier molecular flexibility index (Phi) is 20.9. The minimum absolute atomic E-state index is 0.0208. The Labute approximate surface area is 412 Å². The smallest absolute Gasteiger partial charge is 0.311 e. The van der Waals surface area contributed by atoms with Gasteiger partial charge in [-0.05, 0) is 83.9 Å². The highest BCUT2D eigenvalue weighted by molar-refractivity contribution is 6.99. The molecular formula is C56H96O8Si3. The van der Waals surface area contributed by atoms with Crippen LogP contribution in [0.15, 0.2) is 84.1 Å². The van der Waals surface area contributed by atoms with Crippen molar-refractivity contribution in [3.63, 3.8) is 0 Å². The Hall–Kier alpha value is -2.36. The fourth-order valence-electron chi connectivity index (χ4n) is 9.27. The minimum Gasteiger partial charge on any atom is -0.546 e. The van der Waals surface area contributed by atoms with Gasteiger partial charge in [0, 0.05) is 44.3 Å². The predicted molar refractivity (Wildman–Crippen MR) is 287 cm³/mol. The lowest BCUT2D eigenvalue weighted by molar-refractivity contribution is -0.279. The highest BCUT2D eigenvalue weighted by Crippen LogP contribution is 2.48. The summed E-state index contributed by atoms with van der Waals surface area (Å²) in [6.07, 6.45) is 7.98. The van der Waals surface area contributed by atoms with Gasteiger partial charge in [0.1, 0.15) is 6.10 Å². The topological polar surface area (TPSA) is 92.7 Å². The van der Waals surface area contributed by atoms with Crippen LogP contribution in [0.4, 0.5) is 0 Å².